The highest BCUT2D eigenvalue weighted by atomic mass is 35.5. The van der Waals surface area contributed by atoms with Crippen LogP contribution in [0.4, 0.5) is 5.69 Å². The summed E-state index contributed by atoms with van der Waals surface area (Å²) in [4.78, 5) is 22.1. The lowest BCUT2D eigenvalue weighted by Crippen LogP contribution is -2.15. The van der Waals surface area contributed by atoms with E-state index in [9.17, 15) is 14.9 Å². The molecule has 0 unspecified atom stereocenters. The Hall–Kier alpha value is -2.21. The van der Waals surface area contributed by atoms with E-state index in [4.69, 9.17) is 11.6 Å². The van der Waals surface area contributed by atoms with Crippen LogP contribution in [0, 0.1) is 17.0 Å². The first-order valence-corrected chi connectivity index (χ1v) is 5.84. The number of halogens is 1. The molecule has 0 aliphatic heterocycles. The van der Waals surface area contributed by atoms with Crippen LogP contribution in [0.2, 0.25) is 5.02 Å². The van der Waals surface area contributed by atoms with Crippen molar-refractivity contribution in [2.24, 2.45) is 0 Å². The van der Waals surface area contributed by atoms with Gasteiger partial charge in [0.05, 0.1) is 21.2 Å². The molecule has 0 aliphatic carbocycles. The molecule has 0 saturated heterocycles. The lowest BCUT2D eigenvalue weighted by atomic mass is 10.0. The molecule has 19 heavy (non-hydrogen) atoms. The number of nitrogens with one attached hydrogen (secondary N) is 1. The van der Waals surface area contributed by atoms with Crippen molar-refractivity contribution in [2.45, 2.75) is 13.3 Å². The fourth-order valence-electron chi connectivity index (χ4n) is 1.78. The monoisotopic (exact) mass is 279 g/mol. The number of H-pyrrole nitrogens is 1. The molecule has 0 amide bonds. The summed E-state index contributed by atoms with van der Waals surface area (Å²) >= 11 is 5.98. The number of benzene rings is 1. The lowest BCUT2D eigenvalue weighted by molar-refractivity contribution is -0.385. The second-order valence-corrected chi connectivity index (χ2v) is 4.44. The van der Waals surface area contributed by atoms with Crippen LogP contribution in [0.25, 0.3) is 0 Å². The van der Waals surface area contributed by atoms with E-state index in [1.165, 1.54) is 12.1 Å². The van der Waals surface area contributed by atoms with Crippen molar-refractivity contribution in [2.75, 3.05) is 0 Å². The molecule has 1 heterocycles. The van der Waals surface area contributed by atoms with Crippen molar-refractivity contribution < 1.29 is 4.92 Å². The molecule has 1 aromatic carbocycles. The van der Waals surface area contributed by atoms with Gasteiger partial charge in [-0.15, -0.1) is 0 Å². The Morgan fingerprint density at radius 2 is 2.21 bits per heavy atom. The van der Waals surface area contributed by atoms with Crippen molar-refractivity contribution in [3.8, 4) is 0 Å². The fourth-order valence-corrected chi connectivity index (χ4v) is 2.01. The average Bonchev–Trinajstić information content (AvgIpc) is 2.35. The number of hydrogen-bond acceptors (Lipinski definition) is 4. The zero-order valence-corrected chi connectivity index (χ0v) is 10.8. The van der Waals surface area contributed by atoms with E-state index in [1.807, 2.05) is 0 Å². The Labute approximate surface area is 113 Å². The van der Waals surface area contributed by atoms with Crippen LogP contribution in [-0.4, -0.2) is 15.1 Å². The molecule has 7 heteroatoms. The van der Waals surface area contributed by atoms with Gasteiger partial charge in [0, 0.05) is 18.1 Å². The van der Waals surface area contributed by atoms with Crippen LogP contribution in [0.1, 0.15) is 16.8 Å². The first-order valence-electron chi connectivity index (χ1n) is 5.46. The van der Waals surface area contributed by atoms with Gasteiger partial charge >= 0.3 is 0 Å². The molecule has 0 fully saturated rings. The van der Waals surface area contributed by atoms with E-state index in [0.29, 0.717) is 16.8 Å². The Kier molecular flexibility index (Phi) is 3.62. The van der Waals surface area contributed by atoms with Gasteiger partial charge in [-0.1, -0.05) is 17.7 Å². The third-order valence-corrected chi connectivity index (χ3v) is 3.02. The molecule has 1 N–H and O–H groups in total. The number of aromatic nitrogens is 2. The lowest BCUT2D eigenvalue weighted by Gasteiger charge is -2.05. The SMILES string of the molecule is Cc1cc(Cc2c(Cl)cccc2[N+](=O)[O-])c(=O)[nH]n1. The Balaban J connectivity index is 2.52. The number of rotatable bonds is 3. The van der Waals surface area contributed by atoms with Crippen LogP contribution >= 0.6 is 11.6 Å². The molecule has 0 atom stereocenters. The highest BCUT2D eigenvalue weighted by Crippen LogP contribution is 2.27. The predicted molar refractivity (Wildman–Crippen MR) is 70.5 cm³/mol. The fraction of sp³-hybridized carbons (Fsp3) is 0.167. The zero-order chi connectivity index (χ0) is 14.0. The maximum absolute atomic E-state index is 11.6. The minimum Gasteiger partial charge on any atom is -0.268 e. The summed E-state index contributed by atoms with van der Waals surface area (Å²) in [6, 6.07) is 6.02. The van der Waals surface area contributed by atoms with Crippen molar-refractivity contribution in [3.63, 3.8) is 0 Å². The van der Waals surface area contributed by atoms with Gasteiger partial charge in [-0.05, 0) is 19.1 Å². The molecule has 98 valence electrons. The smallest absolute Gasteiger partial charge is 0.268 e. The molecule has 2 rings (SSSR count). The van der Waals surface area contributed by atoms with Crippen molar-refractivity contribution in [3.05, 3.63) is 66.6 Å². The molecular formula is C12H10ClN3O3. The van der Waals surface area contributed by atoms with E-state index < -0.39 is 4.92 Å². The summed E-state index contributed by atoms with van der Waals surface area (Å²) < 4.78 is 0. The van der Waals surface area contributed by atoms with E-state index >= 15 is 0 Å². The summed E-state index contributed by atoms with van der Waals surface area (Å²) in [6.45, 7) is 1.72. The van der Waals surface area contributed by atoms with Gasteiger partial charge in [-0.2, -0.15) is 5.10 Å². The molecule has 0 radical (unpaired) electrons. The van der Waals surface area contributed by atoms with Crippen LogP contribution < -0.4 is 5.56 Å². The van der Waals surface area contributed by atoms with Crippen molar-refractivity contribution >= 4 is 17.3 Å². The zero-order valence-electron chi connectivity index (χ0n) is 10.0. The van der Waals surface area contributed by atoms with Gasteiger partial charge in [0.25, 0.3) is 11.2 Å². The van der Waals surface area contributed by atoms with Crippen molar-refractivity contribution in [1.82, 2.24) is 10.2 Å². The molecule has 0 spiro atoms. The number of nitrogens with zero attached hydrogens (tertiary/aromatic N) is 2. The first-order chi connectivity index (χ1) is 8.99. The summed E-state index contributed by atoms with van der Waals surface area (Å²) in [5, 5.41) is 17.3. The van der Waals surface area contributed by atoms with E-state index in [-0.39, 0.29) is 22.7 Å². The minimum atomic E-state index is -0.510. The summed E-state index contributed by atoms with van der Waals surface area (Å²) in [5.41, 5.74) is 0.874. The quantitative estimate of drug-likeness (QED) is 0.689. The first kappa shape index (κ1) is 13.2. The molecular weight excluding hydrogens is 270 g/mol. The van der Waals surface area contributed by atoms with E-state index in [1.54, 1.807) is 19.1 Å². The van der Waals surface area contributed by atoms with Crippen LogP contribution in [0.3, 0.4) is 0 Å². The molecule has 0 bridgehead atoms. The maximum atomic E-state index is 11.6. The number of aromatic amines is 1. The van der Waals surface area contributed by atoms with Crippen molar-refractivity contribution in [1.29, 1.82) is 0 Å². The molecule has 2 aromatic rings. The minimum absolute atomic E-state index is 0.0919. The topological polar surface area (TPSA) is 88.9 Å². The van der Waals surface area contributed by atoms with E-state index in [2.05, 4.69) is 10.2 Å². The van der Waals surface area contributed by atoms with Crippen LogP contribution in [-0.2, 0) is 6.42 Å². The second kappa shape index (κ2) is 5.19. The highest BCUT2D eigenvalue weighted by molar-refractivity contribution is 6.31. The molecule has 0 aliphatic rings. The van der Waals surface area contributed by atoms with Gasteiger partial charge in [-0.3, -0.25) is 14.9 Å². The normalized spacial score (nSPS) is 10.4. The second-order valence-electron chi connectivity index (χ2n) is 4.04. The third-order valence-electron chi connectivity index (χ3n) is 2.67. The van der Waals surface area contributed by atoms with Gasteiger partial charge in [0.2, 0.25) is 0 Å². The molecule has 6 nitrogen and oxygen atoms in total. The van der Waals surface area contributed by atoms with Gasteiger partial charge in [-0.25, -0.2) is 5.10 Å². The standard InChI is InChI=1S/C12H10ClN3O3/c1-7-5-8(12(17)15-14-7)6-9-10(13)3-2-4-11(9)16(18)19/h2-5H,6H2,1H3,(H,15,17). The summed E-state index contributed by atoms with van der Waals surface area (Å²) in [7, 11) is 0. The van der Waals surface area contributed by atoms with Crippen LogP contribution in [0.15, 0.2) is 29.1 Å². The number of hydrogen-bond donors (Lipinski definition) is 1. The van der Waals surface area contributed by atoms with E-state index in [0.717, 1.165) is 0 Å². The summed E-state index contributed by atoms with van der Waals surface area (Å²) in [5.74, 6) is 0. The van der Waals surface area contributed by atoms with Gasteiger partial charge < -0.3 is 0 Å². The Morgan fingerprint density at radius 3 is 2.89 bits per heavy atom. The molecule has 1 aromatic heterocycles. The largest absolute Gasteiger partial charge is 0.274 e. The summed E-state index contributed by atoms with van der Waals surface area (Å²) in [6.07, 6.45) is 0.0919. The number of nitro benzene ring substituents is 1. The number of nitro groups is 1. The number of aryl methyl sites for hydroxylation is 1. The highest BCUT2D eigenvalue weighted by Gasteiger charge is 2.18. The Bertz CT molecular complexity index is 697. The maximum Gasteiger partial charge on any atom is 0.274 e. The third kappa shape index (κ3) is 2.79. The van der Waals surface area contributed by atoms with Crippen LogP contribution in [0.5, 0.6) is 0 Å². The Morgan fingerprint density at radius 1 is 1.47 bits per heavy atom. The predicted octanol–water partition coefficient (Wildman–Crippen LogP) is 2.23. The molecule has 0 saturated carbocycles. The van der Waals surface area contributed by atoms with Gasteiger partial charge in [0.1, 0.15) is 0 Å². The average molecular weight is 280 g/mol. The van der Waals surface area contributed by atoms with Gasteiger partial charge in [0.15, 0.2) is 0 Å².